The molecule has 0 radical (unpaired) electrons. The summed E-state index contributed by atoms with van der Waals surface area (Å²) >= 11 is 0. The van der Waals surface area contributed by atoms with Gasteiger partial charge in [-0.3, -0.25) is 14.2 Å². The highest BCUT2D eigenvalue weighted by Gasteiger charge is 2.20. The fourth-order valence-corrected chi connectivity index (χ4v) is 2.43. The summed E-state index contributed by atoms with van der Waals surface area (Å²) in [6.45, 7) is 4.15. The minimum atomic E-state index is -4.25. The quantitative estimate of drug-likeness (QED) is 0.292. The number of ether oxygens (including phenoxy) is 1. The predicted octanol–water partition coefficient (Wildman–Crippen LogP) is 0.223. The molecule has 1 amide bonds. The van der Waals surface area contributed by atoms with Crippen LogP contribution in [0.4, 0.5) is 0 Å². The highest BCUT2D eigenvalue weighted by Crippen LogP contribution is 2.34. The van der Waals surface area contributed by atoms with Crippen LogP contribution in [0.1, 0.15) is 37.2 Å². The number of nitrogens with zero attached hydrogens (tertiary/aromatic N) is 5. The van der Waals surface area contributed by atoms with Gasteiger partial charge in [-0.2, -0.15) is 0 Å². The zero-order chi connectivity index (χ0) is 19.2. The first kappa shape index (κ1) is 20.3. The number of rotatable bonds is 10. The molecule has 144 valence electrons. The van der Waals surface area contributed by atoms with Crippen LogP contribution in [-0.4, -0.2) is 59.7 Å². The van der Waals surface area contributed by atoms with E-state index in [1.807, 2.05) is 6.92 Å². The van der Waals surface area contributed by atoms with E-state index in [9.17, 15) is 9.36 Å². The summed E-state index contributed by atoms with van der Waals surface area (Å²) in [6, 6.07) is 0. The smallest absolute Gasteiger partial charge is 0.350 e. The van der Waals surface area contributed by atoms with Gasteiger partial charge < -0.3 is 14.5 Å². The third-order valence-corrected chi connectivity index (χ3v) is 3.72. The Balaban J connectivity index is 2.07. The van der Waals surface area contributed by atoms with Gasteiger partial charge in [0.15, 0.2) is 16.9 Å². The van der Waals surface area contributed by atoms with Crippen LogP contribution >= 0.6 is 7.60 Å². The van der Waals surface area contributed by atoms with Crippen LogP contribution in [0.25, 0.3) is 11.2 Å². The molecule has 0 aliphatic rings. The molecular weight excluding hydrogens is 367 g/mol. The average molecular weight is 388 g/mol. The third-order valence-electron chi connectivity index (χ3n) is 3.24. The van der Waals surface area contributed by atoms with Crippen molar-refractivity contribution in [3.05, 3.63) is 12.0 Å². The monoisotopic (exact) mass is 388 g/mol. The van der Waals surface area contributed by atoms with Gasteiger partial charge in [-0.25, -0.2) is 20.1 Å². The number of unbranched alkanes of at least 4 members (excludes halogenated alkanes) is 1. The second-order valence-corrected chi connectivity index (χ2v) is 7.16. The fourth-order valence-electron chi connectivity index (χ4n) is 1.98. The van der Waals surface area contributed by atoms with Gasteiger partial charge in [0.2, 0.25) is 0 Å². The molecule has 0 saturated carbocycles. The van der Waals surface area contributed by atoms with Crippen molar-refractivity contribution in [2.24, 2.45) is 0 Å². The molecule has 0 aliphatic heterocycles. The largest absolute Gasteiger partial charge is 0.364 e. The molecule has 3 N–H and O–H groups in total. The molecule has 13 heteroatoms. The molecule has 12 nitrogen and oxygen atoms in total. The Kier molecular flexibility index (Phi) is 7.12. The molecule has 0 saturated heterocycles. The van der Waals surface area contributed by atoms with Crippen molar-refractivity contribution in [2.75, 3.05) is 13.0 Å². The molecule has 0 spiro atoms. The minimum Gasteiger partial charge on any atom is -0.364 e. The molecule has 0 aromatic carbocycles. The lowest BCUT2D eigenvalue weighted by Gasteiger charge is -2.13. The highest BCUT2D eigenvalue weighted by molar-refractivity contribution is 7.51. The lowest BCUT2D eigenvalue weighted by molar-refractivity contribution is 0.0299. The van der Waals surface area contributed by atoms with Crippen LogP contribution < -0.4 is 5.48 Å². The number of carbonyl (C=O) groups excluding carboxylic acids is 1. The maximum Gasteiger partial charge on any atom is 0.350 e. The van der Waals surface area contributed by atoms with E-state index in [0.717, 1.165) is 12.8 Å². The fraction of sp³-hybridized carbons (Fsp3) is 0.615. The van der Waals surface area contributed by atoms with Crippen LogP contribution in [0.15, 0.2) is 6.33 Å². The Morgan fingerprint density at radius 2 is 2.19 bits per heavy atom. The number of fused-ring (bicyclic) bond motifs is 1. The van der Waals surface area contributed by atoms with Crippen molar-refractivity contribution in [1.82, 2.24) is 30.4 Å². The number of amides is 1. The molecule has 0 unspecified atom stereocenters. The summed E-state index contributed by atoms with van der Waals surface area (Å²) in [5.41, 5.74) is 2.79. The van der Waals surface area contributed by atoms with E-state index in [-0.39, 0.29) is 17.8 Å². The molecule has 1 atom stereocenters. The standard InChI is InChI=1S/C13H21N6O6P/c1-3-4-5-25-17-13(20)11-10-12(15-7-14-11)19(18-16-10)6-9(2)24-8-26(21,22)23/h7,9H,3-6,8H2,1-2H3,(H,17,20)(H2,21,22,23)/t9-/m1/s1. The summed E-state index contributed by atoms with van der Waals surface area (Å²) in [5.74, 6) is -0.564. The second kappa shape index (κ2) is 9.10. The van der Waals surface area contributed by atoms with Crippen molar-refractivity contribution in [3.8, 4) is 0 Å². The molecular formula is C13H21N6O6P. The maximum absolute atomic E-state index is 12.2. The minimum absolute atomic E-state index is 0.0153. The number of hydrogen-bond acceptors (Lipinski definition) is 8. The SMILES string of the molecule is CCCCONC(=O)c1ncnc2c1nnn2C[C@@H](C)OCP(=O)(O)O. The lowest BCUT2D eigenvalue weighted by Crippen LogP contribution is -2.25. The number of aromatic nitrogens is 5. The zero-order valence-corrected chi connectivity index (χ0v) is 15.3. The van der Waals surface area contributed by atoms with Gasteiger partial charge in [-0.05, 0) is 13.3 Å². The van der Waals surface area contributed by atoms with E-state index in [4.69, 9.17) is 19.4 Å². The normalized spacial score (nSPS) is 13.1. The third kappa shape index (κ3) is 5.78. The zero-order valence-electron chi connectivity index (χ0n) is 14.4. The maximum atomic E-state index is 12.2. The number of hydrogen-bond donors (Lipinski definition) is 3. The molecule has 26 heavy (non-hydrogen) atoms. The van der Waals surface area contributed by atoms with Gasteiger partial charge in [-0.15, -0.1) is 5.10 Å². The van der Waals surface area contributed by atoms with Gasteiger partial charge in [-0.1, -0.05) is 18.6 Å². The van der Waals surface area contributed by atoms with Gasteiger partial charge in [0.25, 0.3) is 5.91 Å². The van der Waals surface area contributed by atoms with Crippen molar-refractivity contribution >= 4 is 24.7 Å². The molecule has 0 bridgehead atoms. The van der Waals surface area contributed by atoms with E-state index in [2.05, 4.69) is 25.8 Å². The molecule has 2 rings (SSSR count). The summed E-state index contributed by atoms with van der Waals surface area (Å²) in [7, 11) is -4.25. The van der Waals surface area contributed by atoms with Crippen molar-refractivity contribution in [1.29, 1.82) is 0 Å². The number of hydroxylamine groups is 1. The Morgan fingerprint density at radius 3 is 2.88 bits per heavy atom. The summed E-state index contributed by atoms with van der Waals surface area (Å²) < 4.78 is 17.3. The van der Waals surface area contributed by atoms with Crippen molar-refractivity contribution in [2.45, 2.75) is 39.3 Å². The van der Waals surface area contributed by atoms with Gasteiger partial charge in [0.05, 0.1) is 19.3 Å². The molecule has 0 fully saturated rings. The first-order valence-electron chi connectivity index (χ1n) is 7.94. The molecule has 2 aromatic heterocycles. The number of carbonyl (C=O) groups is 1. The molecule has 0 aliphatic carbocycles. The van der Waals surface area contributed by atoms with E-state index in [0.29, 0.717) is 12.3 Å². The second-order valence-electron chi connectivity index (χ2n) is 5.57. The Labute approximate surface area is 149 Å². The van der Waals surface area contributed by atoms with Crippen LogP contribution in [0.3, 0.4) is 0 Å². The van der Waals surface area contributed by atoms with Gasteiger partial charge in [0.1, 0.15) is 12.7 Å². The van der Waals surface area contributed by atoms with E-state index >= 15 is 0 Å². The van der Waals surface area contributed by atoms with E-state index < -0.39 is 26.0 Å². The summed E-state index contributed by atoms with van der Waals surface area (Å²) in [6.07, 6.45) is 1.69. The van der Waals surface area contributed by atoms with Gasteiger partial charge in [0, 0.05) is 0 Å². The first-order valence-corrected chi connectivity index (χ1v) is 9.74. The van der Waals surface area contributed by atoms with Gasteiger partial charge >= 0.3 is 7.60 Å². The van der Waals surface area contributed by atoms with E-state index in [1.165, 1.54) is 11.0 Å². The highest BCUT2D eigenvalue weighted by atomic mass is 31.2. The van der Waals surface area contributed by atoms with Crippen molar-refractivity contribution in [3.63, 3.8) is 0 Å². The Bertz CT molecular complexity index is 793. The van der Waals surface area contributed by atoms with Crippen LogP contribution in [0, 0.1) is 0 Å². The van der Waals surface area contributed by atoms with Crippen LogP contribution in [0.5, 0.6) is 0 Å². The predicted molar refractivity (Wildman–Crippen MR) is 88.9 cm³/mol. The van der Waals surface area contributed by atoms with E-state index in [1.54, 1.807) is 6.92 Å². The van der Waals surface area contributed by atoms with Crippen molar-refractivity contribution < 1.29 is 28.7 Å². The van der Waals surface area contributed by atoms with Crippen LogP contribution in [-0.2, 0) is 20.7 Å². The first-order chi connectivity index (χ1) is 12.3. The average Bonchev–Trinajstić information content (AvgIpc) is 2.99. The molecule has 2 heterocycles. The van der Waals surface area contributed by atoms with Crippen LogP contribution in [0.2, 0.25) is 0 Å². The lowest BCUT2D eigenvalue weighted by atomic mass is 10.3. The number of nitrogens with one attached hydrogen (secondary N) is 1. The summed E-state index contributed by atoms with van der Waals surface area (Å²) in [4.78, 5) is 42.9. The topological polar surface area (TPSA) is 162 Å². The Hall–Kier alpha value is -1.98. The molecule has 2 aromatic rings. The Morgan fingerprint density at radius 1 is 1.42 bits per heavy atom. The summed E-state index contributed by atoms with van der Waals surface area (Å²) in [5, 5.41) is 7.81.